The van der Waals surface area contributed by atoms with Crippen LogP contribution < -0.4 is 10.6 Å². The van der Waals surface area contributed by atoms with E-state index in [1.54, 1.807) is 11.3 Å². The van der Waals surface area contributed by atoms with Crippen molar-refractivity contribution >= 4 is 11.3 Å². The van der Waals surface area contributed by atoms with Crippen LogP contribution in [0.4, 0.5) is 0 Å². The van der Waals surface area contributed by atoms with Gasteiger partial charge in [0, 0.05) is 19.1 Å². The largest absolute Gasteiger partial charge is 0.313 e. The molecule has 2 heterocycles. The normalized spacial score (nSPS) is 21.6. The van der Waals surface area contributed by atoms with E-state index in [0.29, 0.717) is 6.04 Å². The summed E-state index contributed by atoms with van der Waals surface area (Å²) in [6.45, 7) is 5.51. The SMILES string of the molecule is Cc1cscc1CNCC1CCCN1. The van der Waals surface area contributed by atoms with Gasteiger partial charge >= 0.3 is 0 Å². The Balaban J connectivity index is 1.70. The van der Waals surface area contributed by atoms with E-state index in [0.717, 1.165) is 13.1 Å². The first-order valence-corrected chi connectivity index (χ1v) is 6.26. The lowest BCUT2D eigenvalue weighted by atomic mass is 10.2. The predicted molar refractivity (Wildman–Crippen MR) is 61.8 cm³/mol. The van der Waals surface area contributed by atoms with Crippen LogP contribution in [0.2, 0.25) is 0 Å². The molecule has 1 aliphatic heterocycles. The van der Waals surface area contributed by atoms with Crippen LogP contribution in [0.5, 0.6) is 0 Å². The Bertz CT molecular complexity index is 277. The van der Waals surface area contributed by atoms with Gasteiger partial charge in [-0.05, 0) is 48.2 Å². The van der Waals surface area contributed by atoms with E-state index in [1.165, 1.54) is 30.5 Å². The van der Waals surface area contributed by atoms with Crippen molar-refractivity contribution in [2.45, 2.75) is 32.4 Å². The Morgan fingerprint density at radius 1 is 1.57 bits per heavy atom. The summed E-state index contributed by atoms with van der Waals surface area (Å²) in [7, 11) is 0. The molecule has 78 valence electrons. The molecule has 1 atom stereocenters. The summed E-state index contributed by atoms with van der Waals surface area (Å²) in [5, 5.41) is 11.5. The summed E-state index contributed by atoms with van der Waals surface area (Å²) < 4.78 is 0. The van der Waals surface area contributed by atoms with Gasteiger partial charge in [0.1, 0.15) is 0 Å². The van der Waals surface area contributed by atoms with Crippen LogP contribution in [0.25, 0.3) is 0 Å². The standard InChI is InChI=1S/C11H18N2S/c1-9-7-14-8-10(9)5-12-6-11-3-2-4-13-11/h7-8,11-13H,2-6H2,1H3. The van der Waals surface area contributed by atoms with Gasteiger partial charge in [-0.3, -0.25) is 0 Å². The van der Waals surface area contributed by atoms with Gasteiger partial charge < -0.3 is 10.6 Å². The lowest BCUT2D eigenvalue weighted by Crippen LogP contribution is -2.33. The minimum atomic E-state index is 0.703. The van der Waals surface area contributed by atoms with E-state index < -0.39 is 0 Å². The fourth-order valence-electron chi connectivity index (χ4n) is 1.88. The van der Waals surface area contributed by atoms with E-state index in [1.807, 2.05) is 0 Å². The maximum atomic E-state index is 3.51. The summed E-state index contributed by atoms with van der Waals surface area (Å²) >= 11 is 1.79. The fraction of sp³-hybridized carbons (Fsp3) is 0.636. The summed E-state index contributed by atoms with van der Waals surface area (Å²) in [6.07, 6.45) is 2.67. The summed E-state index contributed by atoms with van der Waals surface area (Å²) in [5.74, 6) is 0. The third-order valence-electron chi connectivity index (χ3n) is 2.83. The quantitative estimate of drug-likeness (QED) is 0.793. The third-order valence-corrected chi connectivity index (χ3v) is 3.74. The third kappa shape index (κ3) is 2.56. The molecule has 14 heavy (non-hydrogen) atoms. The smallest absolute Gasteiger partial charge is 0.0217 e. The van der Waals surface area contributed by atoms with Crippen LogP contribution in [0.1, 0.15) is 24.0 Å². The molecule has 0 amide bonds. The molecule has 0 bridgehead atoms. The van der Waals surface area contributed by atoms with Crippen molar-refractivity contribution in [3.8, 4) is 0 Å². The van der Waals surface area contributed by atoms with Gasteiger partial charge in [-0.1, -0.05) is 0 Å². The monoisotopic (exact) mass is 210 g/mol. The van der Waals surface area contributed by atoms with Crippen molar-refractivity contribution in [3.05, 3.63) is 21.9 Å². The average molecular weight is 210 g/mol. The topological polar surface area (TPSA) is 24.1 Å². The molecule has 0 radical (unpaired) electrons. The maximum Gasteiger partial charge on any atom is 0.0217 e. The van der Waals surface area contributed by atoms with E-state index in [2.05, 4.69) is 28.3 Å². The Morgan fingerprint density at radius 3 is 3.14 bits per heavy atom. The minimum absolute atomic E-state index is 0.703. The highest BCUT2D eigenvalue weighted by atomic mass is 32.1. The second kappa shape index (κ2) is 4.91. The maximum absolute atomic E-state index is 3.51. The van der Waals surface area contributed by atoms with Crippen molar-refractivity contribution in [3.63, 3.8) is 0 Å². The van der Waals surface area contributed by atoms with Crippen molar-refractivity contribution in [1.29, 1.82) is 0 Å². The Morgan fingerprint density at radius 2 is 2.50 bits per heavy atom. The molecule has 1 saturated heterocycles. The lowest BCUT2D eigenvalue weighted by molar-refractivity contribution is 0.535. The minimum Gasteiger partial charge on any atom is -0.313 e. The molecule has 3 heteroatoms. The molecular weight excluding hydrogens is 192 g/mol. The lowest BCUT2D eigenvalue weighted by Gasteiger charge is -2.11. The summed E-state index contributed by atoms with van der Waals surface area (Å²) in [5.41, 5.74) is 2.87. The van der Waals surface area contributed by atoms with Crippen LogP contribution >= 0.6 is 11.3 Å². The van der Waals surface area contributed by atoms with Gasteiger partial charge in [0.05, 0.1) is 0 Å². The zero-order chi connectivity index (χ0) is 9.80. The van der Waals surface area contributed by atoms with Gasteiger partial charge in [0.2, 0.25) is 0 Å². The Hall–Kier alpha value is -0.380. The average Bonchev–Trinajstić information content (AvgIpc) is 2.78. The molecule has 2 N–H and O–H groups in total. The first kappa shape index (κ1) is 10.1. The van der Waals surface area contributed by atoms with Crippen LogP contribution in [-0.2, 0) is 6.54 Å². The predicted octanol–water partition coefficient (Wildman–Crippen LogP) is 1.90. The molecular formula is C11H18N2S. The van der Waals surface area contributed by atoms with Gasteiger partial charge in [0.15, 0.2) is 0 Å². The van der Waals surface area contributed by atoms with Gasteiger partial charge in [-0.25, -0.2) is 0 Å². The molecule has 0 aliphatic carbocycles. The van der Waals surface area contributed by atoms with E-state index in [4.69, 9.17) is 0 Å². The molecule has 1 aliphatic rings. The van der Waals surface area contributed by atoms with Crippen LogP contribution in [0.15, 0.2) is 10.8 Å². The molecule has 2 rings (SSSR count). The zero-order valence-electron chi connectivity index (χ0n) is 8.68. The molecule has 1 unspecified atom stereocenters. The second-order valence-electron chi connectivity index (χ2n) is 4.00. The molecule has 0 saturated carbocycles. The van der Waals surface area contributed by atoms with E-state index in [-0.39, 0.29) is 0 Å². The van der Waals surface area contributed by atoms with Crippen molar-refractivity contribution in [2.24, 2.45) is 0 Å². The first-order chi connectivity index (χ1) is 6.86. The van der Waals surface area contributed by atoms with Crippen LogP contribution in [-0.4, -0.2) is 19.1 Å². The highest BCUT2D eigenvalue weighted by Gasteiger charge is 2.12. The number of rotatable bonds is 4. The Kier molecular flexibility index (Phi) is 3.56. The molecule has 2 nitrogen and oxygen atoms in total. The molecule has 0 aromatic carbocycles. The summed E-state index contributed by atoms with van der Waals surface area (Å²) in [6, 6.07) is 0.703. The van der Waals surface area contributed by atoms with Gasteiger partial charge in [0.25, 0.3) is 0 Å². The highest BCUT2D eigenvalue weighted by molar-refractivity contribution is 7.08. The fourth-order valence-corrected chi connectivity index (χ4v) is 2.74. The van der Waals surface area contributed by atoms with E-state index in [9.17, 15) is 0 Å². The number of thiophene rings is 1. The van der Waals surface area contributed by atoms with Crippen LogP contribution in [0.3, 0.4) is 0 Å². The summed E-state index contributed by atoms with van der Waals surface area (Å²) in [4.78, 5) is 0. The highest BCUT2D eigenvalue weighted by Crippen LogP contribution is 2.13. The Labute approximate surface area is 89.7 Å². The molecule has 1 fully saturated rings. The van der Waals surface area contributed by atoms with Gasteiger partial charge in [-0.2, -0.15) is 11.3 Å². The first-order valence-electron chi connectivity index (χ1n) is 5.32. The van der Waals surface area contributed by atoms with E-state index >= 15 is 0 Å². The van der Waals surface area contributed by atoms with Crippen molar-refractivity contribution in [1.82, 2.24) is 10.6 Å². The van der Waals surface area contributed by atoms with Crippen molar-refractivity contribution < 1.29 is 0 Å². The molecule has 1 aromatic heterocycles. The number of hydrogen-bond acceptors (Lipinski definition) is 3. The van der Waals surface area contributed by atoms with Crippen LogP contribution in [0, 0.1) is 6.92 Å². The van der Waals surface area contributed by atoms with Crippen molar-refractivity contribution in [2.75, 3.05) is 13.1 Å². The molecule has 1 aromatic rings. The zero-order valence-corrected chi connectivity index (χ0v) is 9.49. The number of aryl methyl sites for hydroxylation is 1. The van der Waals surface area contributed by atoms with Gasteiger partial charge in [-0.15, -0.1) is 0 Å². The second-order valence-corrected chi connectivity index (χ2v) is 4.75. The number of nitrogens with one attached hydrogen (secondary N) is 2. The molecule has 0 spiro atoms. The number of hydrogen-bond donors (Lipinski definition) is 2.